The third kappa shape index (κ3) is 4.97. The molecule has 0 spiro atoms. The van der Waals surface area contributed by atoms with E-state index in [4.69, 9.17) is 21.3 Å². The van der Waals surface area contributed by atoms with Crippen LogP contribution in [-0.4, -0.2) is 49.6 Å². The number of benzene rings is 2. The highest BCUT2D eigenvalue weighted by Gasteiger charge is 2.32. The molecule has 10 nitrogen and oxygen atoms in total. The number of amides is 2. The van der Waals surface area contributed by atoms with Gasteiger partial charge in [0.2, 0.25) is 0 Å². The summed E-state index contributed by atoms with van der Waals surface area (Å²) in [6.45, 7) is 0.876. The average molecular weight is 542 g/mol. The fourth-order valence-electron chi connectivity index (χ4n) is 5.05. The summed E-state index contributed by atoms with van der Waals surface area (Å²) < 4.78 is 21.5. The van der Waals surface area contributed by atoms with E-state index in [1.165, 1.54) is 12.4 Å². The van der Waals surface area contributed by atoms with Gasteiger partial charge in [-0.3, -0.25) is 9.59 Å². The number of primary amides is 1. The Kier molecular flexibility index (Phi) is 6.63. The highest BCUT2D eigenvalue weighted by Crippen LogP contribution is 2.36. The van der Waals surface area contributed by atoms with E-state index < -0.39 is 11.7 Å². The number of carbonyl (C=O) groups is 2. The van der Waals surface area contributed by atoms with Gasteiger partial charge in [0.05, 0.1) is 11.4 Å². The number of nitrogens with two attached hydrogens (primary N) is 2. The van der Waals surface area contributed by atoms with Gasteiger partial charge in [0.1, 0.15) is 29.2 Å². The van der Waals surface area contributed by atoms with Crippen LogP contribution in [0.4, 0.5) is 10.2 Å². The number of aromatic nitrogens is 4. The van der Waals surface area contributed by atoms with Crippen molar-refractivity contribution in [2.75, 3.05) is 18.8 Å². The number of hydrogen-bond donors (Lipinski definition) is 2. The van der Waals surface area contributed by atoms with E-state index in [1.54, 1.807) is 46.0 Å². The van der Waals surface area contributed by atoms with Gasteiger partial charge in [-0.05, 0) is 68.0 Å². The number of rotatable bonds is 7. The van der Waals surface area contributed by atoms with Crippen molar-refractivity contribution < 1.29 is 18.7 Å². The Hall–Kier alpha value is -4.80. The fourth-order valence-corrected chi connectivity index (χ4v) is 5.05. The summed E-state index contributed by atoms with van der Waals surface area (Å²) >= 11 is 0. The number of piperidine rings is 1. The second-order valence-electron chi connectivity index (χ2n) is 10.1. The number of nitrogen functional groups attached to an aromatic ring is 1. The first kappa shape index (κ1) is 25.5. The number of halogens is 1. The van der Waals surface area contributed by atoms with E-state index in [0.29, 0.717) is 35.6 Å². The molecule has 1 saturated heterocycles. The third-order valence-electron chi connectivity index (χ3n) is 7.26. The zero-order chi connectivity index (χ0) is 27.8. The minimum absolute atomic E-state index is 0.0541. The summed E-state index contributed by atoms with van der Waals surface area (Å²) in [7, 11) is 0. The molecule has 2 fully saturated rings. The topological polar surface area (TPSA) is 142 Å². The van der Waals surface area contributed by atoms with Gasteiger partial charge in [0.25, 0.3) is 11.8 Å². The van der Waals surface area contributed by atoms with Crippen molar-refractivity contribution in [2.24, 2.45) is 11.7 Å². The maximum absolute atomic E-state index is 14.0. The molecule has 1 aliphatic carbocycles. The van der Waals surface area contributed by atoms with E-state index in [9.17, 15) is 14.0 Å². The van der Waals surface area contributed by atoms with Crippen molar-refractivity contribution in [3.8, 4) is 22.8 Å². The van der Waals surface area contributed by atoms with Crippen LogP contribution < -0.4 is 16.2 Å². The van der Waals surface area contributed by atoms with E-state index in [2.05, 4.69) is 9.97 Å². The summed E-state index contributed by atoms with van der Waals surface area (Å²) in [5.74, 6) is -0.377. The number of anilines is 1. The molecule has 3 heterocycles. The molecule has 2 aliphatic rings. The Bertz CT molecular complexity index is 1630. The monoisotopic (exact) mass is 541 g/mol. The van der Waals surface area contributed by atoms with Crippen LogP contribution in [-0.2, 0) is 9.59 Å². The first-order valence-electron chi connectivity index (χ1n) is 13.2. The maximum Gasteiger partial charge on any atom is 0.259 e. The molecule has 1 saturated carbocycles. The molecule has 6 rings (SSSR count). The van der Waals surface area contributed by atoms with E-state index in [0.717, 1.165) is 31.2 Å². The van der Waals surface area contributed by atoms with Gasteiger partial charge < -0.3 is 21.1 Å². The highest BCUT2D eigenvalue weighted by molar-refractivity contribution is 6.17. The van der Waals surface area contributed by atoms with Gasteiger partial charge in [-0.1, -0.05) is 18.2 Å². The van der Waals surface area contributed by atoms with Crippen molar-refractivity contribution in [1.29, 1.82) is 0 Å². The number of likely N-dealkylation sites (tertiary alicyclic amines) is 1. The smallest absolute Gasteiger partial charge is 0.259 e. The summed E-state index contributed by atoms with van der Waals surface area (Å²) in [4.78, 5) is 35.6. The molecule has 0 bridgehead atoms. The van der Waals surface area contributed by atoms with E-state index in [1.807, 2.05) is 12.1 Å². The first-order valence-corrected chi connectivity index (χ1v) is 13.2. The molecule has 1 aliphatic heterocycles. The summed E-state index contributed by atoms with van der Waals surface area (Å²) in [5, 5.41) is 5.49. The Balaban J connectivity index is 1.30. The van der Waals surface area contributed by atoms with Gasteiger partial charge in [-0.25, -0.2) is 19.0 Å². The minimum Gasteiger partial charge on any atom is -0.454 e. The Morgan fingerprint density at radius 1 is 1.05 bits per heavy atom. The molecular weight excluding hydrogens is 513 g/mol. The van der Waals surface area contributed by atoms with Crippen LogP contribution in [0.1, 0.15) is 31.7 Å². The van der Waals surface area contributed by atoms with Gasteiger partial charge in [-0.15, -0.1) is 0 Å². The standard InChI is InChI=1S/C29H28FN7O3/c30-22-5-1-2-6-23(22)40-20-11-9-18(10-12-20)25-24-26(31)33-16-34-28(24)37(35-25)19-4-3-13-36(15-19)29(39)21(27(32)38)14-17-7-8-17/h1-2,5-6,9-12,14,16-17,19H,3-4,7-8,13,15H2,(H2,32,38)(H2,31,33,34)/b21-14-/t19-/m0/s1. The van der Waals surface area contributed by atoms with Crippen molar-refractivity contribution in [3.05, 3.63) is 72.3 Å². The number of nitrogens with zero attached hydrogens (tertiary/aromatic N) is 5. The normalized spacial score (nSPS) is 17.7. The maximum atomic E-state index is 14.0. The largest absolute Gasteiger partial charge is 0.454 e. The molecule has 0 unspecified atom stereocenters. The molecule has 4 N–H and O–H groups in total. The van der Waals surface area contributed by atoms with Gasteiger partial charge in [0.15, 0.2) is 17.2 Å². The van der Waals surface area contributed by atoms with Crippen LogP contribution >= 0.6 is 0 Å². The van der Waals surface area contributed by atoms with Crippen molar-refractivity contribution in [1.82, 2.24) is 24.6 Å². The third-order valence-corrected chi connectivity index (χ3v) is 7.26. The van der Waals surface area contributed by atoms with Crippen LogP contribution in [0.3, 0.4) is 0 Å². The predicted octanol–water partition coefficient (Wildman–Crippen LogP) is 3.99. The first-order chi connectivity index (χ1) is 19.4. The molecule has 0 radical (unpaired) electrons. The van der Waals surface area contributed by atoms with Gasteiger partial charge >= 0.3 is 0 Å². The Morgan fingerprint density at radius 3 is 2.55 bits per heavy atom. The summed E-state index contributed by atoms with van der Waals surface area (Å²) in [6.07, 6.45) is 6.52. The van der Waals surface area contributed by atoms with E-state index in [-0.39, 0.29) is 35.0 Å². The second-order valence-corrected chi connectivity index (χ2v) is 10.1. The zero-order valence-electron chi connectivity index (χ0n) is 21.7. The lowest BCUT2D eigenvalue weighted by molar-refractivity contribution is -0.131. The molecule has 204 valence electrons. The fraction of sp³-hybridized carbons (Fsp3) is 0.276. The number of allylic oxidation sites excluding steroid dienone is 1. The SMILES string of the molecule is NC(=O)/C(=C/C1CC1)C(=O)N1CCC[C@H](n2nc(-c3ccc(Oc4ccccc4F)cc3)c3c(N)ncnc32)C1. The van der Waals surface area contributed by atoms with Crippen molar-refractivity contribution in [2.45, 2.75) is 31.7 Å². The molecule has 11 heteroatoms. The summed E-state index contributed by atoms with van der Waals surface area (Å²) in [5.41, 5.74) is 13.8. The number of fused-ring (bicyclic) bond motifs is 1. The number of hydrogen-bond acceptors (Lipinski definition) is 7. The number of para-hydroxylation sites is 1. The van der Waals surface area contributed by atoms with Crippen LogP contribution in [0.2, 0.25) is 0 Å². The molecule has 4 aromatic rings. The lowest BCUT2D eigenvalue weighted by Gasteiger charge is -2.33. The Morgan fingerprint density at radius 2 is 1.82 bits per heavy atom. The molecule has 2 amide bonds. The minimum atomic E-state index is -0.700. The lowest BCUT2D eigenvalue weighted by atomic mass is 10.0. The second kappa shape index (κ2) is 10.4. The molecule has 2 aromatic heterocycles. The lowest BCUT2D eigenvalue weighted by Crippen LogP contribution is -2.43. The van der Waals surface area contributed by atoms with Crippen LogP contribution in [0.25, 0.3) is 22.3 Å². The predicted molar refractivity (Wildman–Crippen MR) is 146 cm³/mol. The van der Waals surface area contributed by atoms with E-state index >= 15 is 0 Å². The quantitative estimate of drug-likeness (QED) is 0.205. The van der Waals surface area contributed by atoms with Crippen molar-refractivity contribution in [3.63, 3.8) is 0 Å². The average Bonchev–Trinajstić information content (AvgIpc) is 3.70. The van der Waals surface area contributed by atoms with Crippen LogP contribution in [0, 0.1) is 11.7 Å². The van der Waals surface area contributed by atoms with Gasteiger partial charge in [-0.2, -0.15) is 5.10 Å². The number of ether oxygens (including phenoxy) is 1. The van der Waals surface area contributed by atoms with Gasteiger partial charge in [0, 0.05) is 18.7 Å². The van der Waals surface area contributed by atoms with Crippen LogP contribution in [0.15, 0.2) is 66.5 Å². The van der Waals surface area contributed by atoms with Crippen LogP contribution in [0.5, 0.6) is 11.5 Å². The molecule has 2 aromatic carbocycles. The Labute approximate surface area is 229 Å². The highest BCUT2D eigenvalue weighted by atomic mass is 19.1. The summed E-state index contributed by atoms with van der Waals surface area (Å²) in [6, 6.07) is 13.1. The molecule has 40 heavy (non-hydrogen) atoms. The zero-order valence-corrected chi connectivity index (χ0v) is 21.7. The van der Waals surface area contributed by atoms with Crippen molar-refractivity contribution >= 4 is 28.7 Å². The molecular formula is C29H28FN7O3. The number of carbonyl (C=O) groups excluding carboxylic acids is 2. The molecule has 1 atom stereocenters.